The van der Waals surface area contributed by atoms with E-state index < -0.39 is 10.0 Å². The minimum atomic E-state index is -3.59. The summed E-state index contributed by atoms with van der Waals surface area (Å²) in [5, 5.41) is 9.10. The first-order valence-electron chi connectivity index (χ1n) is 8.63. The summed E-state index contributed by atoms with van der Waals surface area (Å²) in [6, 6.07) is 15.7. The van der Waals surface area contributed by atoms with Gasteiger partial charge in [-0.3, -0.25) is 4.79 Å². The molecule has 0 unspecified atom stereocenters. The summed E-state index contributed by atoms with van der Waals surface area (Å²) in [6.07, 6.45) is 3.04. The highest BCUT2D eigenvalue weighted by molar-refractivity contribution is 9.10. The summed E-state index contributed by atoms with van der Waals surface area (Å²) in [5.74, 6) is -0.202. The van der Waals surface area contributed by atoms with E-state index in [0.717, 1.165) is 0 Å². The van der Waals surface area contributed by atoms with Gasteiger partial charge in [-0.1, -0.05) is 40.2 Å². The van der Waals surface area contributed by atoms with E-state index in [4.69, 9.17) is 5.26 Å². The molecule has 2 aromatic rings. The lowest BCUT2D eigenvalue weighted by Gasteiger charge is -2.33. The lowest BCUT2D eigenvalue weighted by Crippen LogP contribution is -2.50. The molecule has 1 aliphatic rings. The van der Waals surface area contributed by atoms with E-state index in [1.807, 2.05) is 0 Å². The predicted octanol–water partition coefficient (Wildman–Crippen LogP) is 2.87. The molecular weight excluding hydrogens is 442 g/mol. The second kappa shape index (κ2) is 8.69. The van der Waals surface area contributed by atoms with E-state index >= 15 is 0 Å². The topological polar surface area (TPSA) is 81.5 Å². The van der Waals surface area contributed by atoms with E-state index in [1.54, 1.807) is 59.5 Å². The maximum Gasteiger partial charge on any atom is 0.246 e. The summed E-state index contributed by atoms with van der Waals surface area (Å²) in [4.78, 5) is 14.3. The van der Waals surface area contributed by atoms with Crippen LogP contribution in [-0.2, 0) is 14.8 Å². The van der Waals surface area contributed by atoms with Crippen LogP contribution in [0, 0.1) is 11.3 Å². The molecule has 2 aromatic carbocycles. The van der Waals surface area contributed by atoms with Crippen LogP contribution in [0.3, 0.4) is 0 Å². The summed E-state index contributed by atoms with van der Waals surface area (Å²) in [6.45, 7) is 1.11. The Morgan fingerprint density at radius 3 is 2.46 bits per heavy atom. The molecule has 0 atom stereocenters. The number of amides is 1. The maximum atomic E-state index is 12.8. The zero-order chi connectivity index (χ0) is 20.1. The van der Waals surface area contributed by atoms with Gasteiger partial charge in [0.05, 0.1) is 16.5 Å². The van der Waals surface area contributed by atoms with Gasteiger partial charge in [-0.15, -0.1) is 0 Å². The first-order valence-corrected chi connectivity index (χ1v) is 10.9. The summed E-state index contributed by atoms with van der Waals surface area (Å²) >= 11 is 3.29. The van der Waals surface area contributed by atoms with Crippen molar-refractivity contribution in [1.29, 1.82) is 5.26 Å². The van der Waals surface area contributed by atoms with E-state index in [1.165, 1.54) is 10.4 Å². The van der Waals surface area contributed by atoms with Crippen LogP contribution in [0.25, 0.3) is 6.08 Å². The van der Waals surface area contributed by atoms with Crippen molar-refractivity contribution >= 4 is 37.9 Å². The Labute approximate surface area is 172 Å². The standard InChI is InChI=1S/C20H18BrN3O3S/c21-18-6-3-7-19(14-18)28(26,27)24-12-10-23(11-13-24)20(25)9-8-16-4-1-2-5-17(16)15-22/h1-9,14H,10-13H2/b9-8+. The van der Waals surface area contributed by atoms with Gasteiger partial charge in [0.25, 0.3) is 0 Å². The van der Waals surface area contributed by atoms with Crippen molar-refractivity contribution in [3.05, 3.63) is 70.2 Å². The molecule has 0 aliphatic carbocycles. The van der Waals surface area contributed by atoms with Crippen molar-refractivity contribution in [2.24, 2.45) is 0 Å². The molecule has 1 amide bonds. The Bertz CT molecular complexity index is 1050. The van der Waals surface area contributed by atoms with E-state index in [-0.39, 0.29) is 23.9 Å². The molecule has 1 saturated heterocycles. The summed E-state index contributed by atoms with van der Waals surface area (Å²) < 4.78 is 27.6. The molecule has 28 heavy (non-hydrogen) atoms. The number of hydrogen-bond donors (Lipinski definition) is 0. The molecule has 8 heteroatoms. The fraction of sp³-hybridized carbons (Fsp3) is 0.200. The van der Waals surface area contributed by atoms with Gasteiger partial charge in [0, 0.05) is 36.7 Å². The number of rotatable bonds is 4. The van der Waals surface area contributed by atoms with Gasteiger partial charge in [-0.25, -0.2) is 8.42 Å². The zero-order valence-electron chi connectivity index (χ0n) is 15.0. The monoisotopic (exact) mass is 459 g/mol. The molecule has 1 aliphatic heterocycles. The van der Waals surface area contributed by atoms with Crippen LogP contribution >= 0.6 is 15.9 Å². The number of sulfonamides is 1. The largest absolute Gasteiger partial charge is 0.337 e. The molecule has 1 fully saturated rings. The molecule has 6 nitrogen and oxygen atoms in total. The van der Waals surface area contributed by atoms with Crippen molar-refractivity contribution < 1.29 is 13.2 Å². The Kier molecular flexibility index (Phi) is 6.29. The average molecular weight is 460 g/mol. The number of nitrogens with zero attached hydrogens (tertiary/aromatic N) is 3. The van der Waals surface area contributed by atoms with Crippen LogP contribution in [0.15, 0.2) is 64.0 Å². The second-order valence-electron chi connectivity index (χ2n) is 6.22. The smallest absolute Gasteiger partial charge is 0.246 e. The zero-order valence-corrected chi connectivity index (χ0v) is 17.4. The van der Waals surface area contributed by atoms with Crippen LogP contribution in [-0.4, -0.2) is 49.7 Å². The Balaban J connectivity index is 1.64. The molecule has 0 aromatic heterocycles. The summed E-state index contributed by atoms with van der Waals surface area (Å²) in [5.41, 5.74) is 1.17. The van der Waals surface area contributed by atoms with Crippen molar-refractivity contribution in [2.45, 2.75) is 4.90 Å². The number of carbonyl (C=O) groups excluding carboxylic acids is 1. The van der Waals surface area contributed by atoms with Crippen LogP contribution in [0.1, 0.15) is 11.1 Å². The molecule has 3 rings (SSSR count). The third-order valence-electron chi connectivity index (χ3n) is 4.47. The van der Waals surface area contributed by atoms with Crippen molar-refractivity contribution in [3.63, 3.8) is 0 Å². The minimum absolute atomic E-state index is 0.202. The van der Waals surface area contributed by atoms with Crippen LogP contribution < -0.4 is 0 Å². The number of hydrogen-bond acceptors (Lipinski definition) is 4. The van der Waals surface area contributed by atoms with Gasteiger partial charge in [0.15, 0.2) is 0 Å². The van der Waals surface area contributed by atoms with E-state index in [9.17, 15) is 13.2 Å². The number of nitriles is 1. The van der Waals surface area contributed by atoms with E-state index in [0.29, 0.717) is 28.7 Å². The Hall–Kier alpha value is -2.47. The molecule has 0 spiro atoms. The second-order valence-corrected chi connectivity index (χ2v) is 9.07. The Morgan fingerprint density at radius 1 is 1.07 bits per heavy atom. The fourth-order valence-electron chi connectivity index (χ4n) is 2.94. The van der Waals surface area contributed by atoms with Gasteiger partial charge < -0.3 is 4.90 Å². The van der Waals surface area contributed by atoms with Gasteiger partial charge in [-0.2, -0.15) is 9.57 Å². The fourth-order valence-corrected chi connectivity index (χ4v) is 4.96. The van der Waals surface area contributed by atoms with Crippen molar-refractivity contribution in [3.8, 4) is 6.07 Å². The van der Waals surface area contributed by atoms with Gasteiger partial charge >= 0.3 is 0 Å². The highest BCUT2D eigenvalue weighted by Gasteiger charge is 2.29. The molecule has 0 saturated carbocycles. The van der Waals surface area contributed by atoms with Crippen LogP contribution in [0.5, 0.6) is 0 Å². The van der Waals surface area contributed by atoms with Crippen molar-refractivity contribution in [1.82, 2.24) is 9.21 Å². The average Bonchev–Trinajstić information content (AvgIpc) is 2.72. The molecule has 144 valence electrons. The molecule has 1 heterocycles. The highest BCUT2D eigenvalue weighted by atomic mass is 79.9. The predicted molar refractivity (Wildman–Crippen MR) is 110 cm³/mol. The first kappa shape index (κ1) is 20.3. The molecule has 0 radical (unpaired) electrons. The van der Waals surface area contributed by atoms with E-state index in [2.05, 4.69) is 22.0 Å². The van der Waals surface area contributed by atoms with Gasteiger partial charge in [0.1, 0.15) is 0 Å². The first-order chi connectivity index (χ1) is 13.4. The minimum Gasteiger partial charge on any atom is -0.337 e. The normalized spacial score (nSPS) is 15.5. The van der Waals surface area contributed by atoms with Crippen LogP contribution in [0.4, 0.5) is 0 Å². The van der Waals surface area contributed by atoms with Gasteiger partial charge in [-0.05, 0) is 35.9 Å². The Morgan fingerprint density at radius 2 is 1.79 bits per heavy atom. The van der Waals surface area contributed by atoms with Crippen LogP contribution in [0.2, 0.25) is 0 Å². The lowest BCUT2D eigenvalue weighted by atomic mass is 10.1. The maximum absolute atomic E-state index is 12.8. The van der Waals surface area contributed by atoms with Gasteiger partial charge in [0.2, 0.25) is 15.9 Å². The summed E-state index contributed by atoms with van der Waals surface area (Å²) in [7, 11) is -3.59. The number of carbonyl (C=O) groups is 1. The SMILES string of the molecule is N#Cc1ccccc1/C=C/C(=O)N1CCN(S(=O)(=O)c2cccc(Br)c2)CC1. The highest BCUT2D eigenvalue weighted by Crippen LogP contribution is 2.21. The third kappa shape index (κ3) is 4.50. The number of benzene rings is 2. The number of halogens is 1. The molecular formula is C20H18BrN3O3S. The van der Waals surface area contributed by atoms with Crippen molar-refractivity contribution in [2.75, 3.05) is 26.2 Å². The third-order valence-corrected chi connectivity index (χ3v) is 6.86. The molecule has 0 N–H and O–H groups in total. The number of piperazine rings is 1. The lowest BCUT2D eigenvalue weighted by molar-refractivity contribution is -0.127. The molecule has 0 bridgehead atoms. The quantitative estimate of drug-likeness (QED) is 0.658.